The van der Waals surface area contributed by atoms with Crippen LogP contribution in [0.3, 0.4) is 0 Å². The molecule has 1 aliphatic heterocycles. The van der Waals surface area contributed by atoms with Crippen molar-refractivity contribution in [3.63, 3.8) is 0 Å². The molecule has 0 radical (unpaired) electrons. The van der Waals surface area contributed by atoms with E-state index in [4.69, 9.17) is 4.74 Å². The first-order valence-corrected chi connectivity index (χ1v) is 6.06. The van der Waals surface area contributed by atoms with Crippen LogP contribution < -0.4 is 5.32 Å². The lowest BCUT2D eigenvalue weighted by molar-refractivity contribution is -0.149. The summed E-state index contributed by atoms with van der Waals surface area (Å²) in [4.78, 5) is 14.2. The molecule has 16 heavy (non-hydrogen) atoms. The molecule has 1 aliphatic rings. The number of hydrogen-bond donors (Lipinski definition) is 1. The van der Waals surface area contributed by atoms with Crippen LogP contribution in [0.5, 0.6) is 0 Å². The lowest BCUT2D eigenvalue weighted by Gasteiger charge is -2.33. The SMILES string of the molecule is COC(=O)C(C)(CN1CCCC1)NC(C)C. The normalized spacial score (nSPS) is 21.1. The number of esters is 1. The molecule has 0 spiro atoms. The highest BCUT2D eigenvalue weighted by Crippen LogP contribution is 2.15. The van der Waals surface area contributed by atoms with E-state index >= 15 is 0 Å². The van der Waals surface area contributed by atoms with Crippen LogP contribution in [0.4, 0.5) is 0 Å². The topological polar surface area (TPSA) is 41.6 Å². The van der Waals surface area contributed by atoms with Crippen molar-refractivity contribution in [2.45, 2.75) is 45.2 Å². The van der Waals surface area contributed by atoms with Crippen molar-refractivity contribution in [1.29, 1.82) is 0 Å². The molecule has 0 aromatic heterocycles. The standard InChI is InChI=1S/C12H24N2O2/c1-10(2)13-12(3,11(15)16-4)9-14-7-5-6-8-14/h10,13H,5-9H2,1-4H3. The Bertz CT molecular complexity index is 237. The molecule has 1 saturated heterocycles. The van der Waals surface area contributed by atoms with E-state index in [1.165, 1.54) is 20.0 Å². The van der Waals surface area contributed by atoms with Gasteiger partial charge in [-0.3, -0.25) is 10.1 Å². The summed E-state index contributed by atoms with van der Waals surface area (Å²) in [5.41, 5.74) is -0.590. The molecule has 1 N–H and O–H groups in total. The van der Waals surface area contributed by atoms with Gasteiger partial charge in [0.15, 0.2) is 0 Å². The fraction of sp³-hybridized carbons (Fsp3) is 0.917. The summed E-state index contributed by atoms with van der Waals surface area (Å²) in [5, 5.41) is 3.32. The predicted octanol–water partition coefficient (Wildman–Crippen LogP) is 1.01. The number of carbonyl (C=O) groups is 1. The zero-order chi connectivity index (χ0) is 12.2. The number of nitrogens with one attached hydrogen (secondary N) is 1. The number of ether oxygens (including phenoxy) is 1. The Labute approximate surface area is 98.3 Å². The second-order valence-electron chi connectivity index (χ2n) is 5.11. The van der Waals surface area contributed by atoms with Crippen LogP contribution in [0.15, 0.2) is 0 Å². The minimum atomic E-state index is -0.590. The minimum absolute atomic E-state index is 0.173. The van der Waals surface area contributed by atoms with Gasteiger partial charge in [-0.25, -0.2) is 0 Å². The number of nitrogens with zero attached hydrogens (tertiary/aromatic N) is 1. The quantitative estimate of drug-likeness (QED) is 0.713. The van der Waals surface area contributed by atoms with Crippen LogP contribution in [-0.4, -0.2) is 49.2 Å². The van der Waals surface area contributed by atoms with Gasteiger partial charge in [-0.15, -0.1) is 0 Å². The third-order valence-corrected chi connectivity index (χ3v) is 2.98. The number of likely N-dealkylation sites (tertiary alicyclic amines) is 1. The molecule has 1 unspecified atom stereocenters. The van der Waals surface area contributed by atoms with Gasteiger partial charge < -0.3 is 9.64 Å². The maximum Gasteiger partial charge on any atom is 0.327 e. The average molecular weight is 228 g/mol. The molecule has 0 amide bonds. The Hall–Kier alpha value is -0.610. The third-order valence-electron chi connectivity index (χ3n) is 2.98. The van der Waals surface area contributed by atoms with E-state index in [-0.39, 0.29) is 12.0 Å². The fourth-order valence-corrected chi connectivity index (χ4v) is 2.42. The van der Waals surface area contributed by atoms with E-state index in [0.29, 0.717) is 0 Å². The first kappa shape index (κ1) is 13.5. The summed E-state index contributed by atoms with van der Waals surface area (Å²) in [5.74, 6) is -0.173. The molecule has 0 aromatic carbocycles. The van der Waals surface area contributed by atoms with E-state index in [1.807, 2.05) is 20.8 Å². The Balaban J connectivity index is 2.64. The fourth-order valence-electron chi connectivity index (χ4n) is 2.42. The van der Waals surface area contributed by atoms with Crippen molar-refractivity contribution in [3.05, 3.63) is 0 Å². The summed E-state index contributed by atoms with van der Waals surface area (Å²) in [6.45, 7) is 8.93. The van der Waals surface area contributed by atoms with E-state index in [9.17, 15) is 4.79 Å². The molecule has 1 heterocycles. The molecule has 0 aromatic rings. The van der Waals surface area contributed by atoms with Gasteiger partial charge in [0.1, 0.15) is 5.54 Å². The highest BCUT2D eigenvalue weighted by molar-refractivity contribution is 5.80. The molecule has 1 fully saturated rings. The average Bonchev–Trinajstić information content (AvgIpc) is 2.67. The number of hydrogen-bond acceptors (Lipinski definition) is 4. The van der Waals surface area contributed by atoms with Crippen LogP contribution in [0.2, 0.25) is 0 Å². The van der Waals surface area contributed by atoms with Crippen molar-refractivity contribution >= 4 is 5.97 Å². The molecular formula is C12H24N2O2. The first-order valence-electron chi connectivity index (χ1n) is 6.06. The van der Waals surface area contributed by atoms with Crippen molar-refractivity contribution in [2.75, 3.05) is 26.7 Å². The third kappa shape index (κ3) is 3.46. The number of carbonyl (C=O) groups excluding carboxylic acids is 1. The van der Waals surface area contributed by atoms with Gasteiger partial charge in [0.2, 0.25) is 0 Å². The van der Waals surface area contributed by atoms with Gasteiger partial charge in [0.25, 0.3) is 0 Å². The van der Waals surface area contributed by atoms with Gasteiger partial charge in [-0.1, -0.05) is 0 Å². The Kier molecular flexibility index (Phi) is 4.74. The summed E-state index contributed by atoms with van der Waals surface area (Å²) >= 11 is 0. The Morgan fingerprint density at radius 2 is 2.00 bits per heavy atom. The second-order valence-corrected chi connectivity index (χ2v) is 5.11. The monoisotopic (exact) mass is 228 g/mol. The molecule has 4 nitrogen and oxygen atoms in total. The van der Waals surface area contributed by atoms with Gasteiger partial charge in [0, 0.05) is 12.6 Å². The maximum absolute atomic E-state index is 11.8. The smallest absolute Gasteiger partial charge is 0.327 e. The second kappa shape index (κ2) is 5.64. The molecule has 1 rings (SSSR count). The molecule has 0 aliphatic carbocycles. The predicted molar refractivity (Wildman–Crippen MR) is 64.4 cm³/mol. The lowest BCUT2D eigenvalue weighted by Crippen LogP contribution is -2.59. The number of rotatable bonds is 5. The molecular weight excluding hydrogens is 204 g/mol. The van der Waals surface area contributed by atoms with Crippen LogP contribution in [0.25, 0.3) is 0 Å². The molecule has 1 atom stereocenters. The zero-order valence-electron chi connectivity index (χ0n) is 10.9. The van der Waals surface area contributed by atoms with Crippen LogP contribution in [0.1, 0.15) is 33.6 Å². The molecule has 94 valence electrons. The molecule has 0 bridgehead atoms. The van der Waals surface area contributed by atoms with Crippen molar-refractivity contribution < 1.29 is 9.53 Å². The first-order chi connectivity index (χ1) is 7.48. The van der Waals surface area contributed by atoms with Gasteiger partial charge in [0.05, 0.1) is 7.11 Å². The maximum atomic E-state index is 11.8. The summed E-state index contributed by atoms with van der Waals surface area (Å²) in [7, 11) is 1.45. The lowest BCUT2D eigenvalue weighted by atomic mass is 10.0. The van der Waals surface area contributed by atoms with Crippen molar-refractivity contribution in [2.24, 2.45) is 0 Å². The van der Waals surface area contributed by atoms with Crippen LogP contribution >= 0.6 is 0 Å². The summed E-state index contributed by atoms with van der Waals surface area (Å²) in [6.07, 6.45) is 2.47. The minimum Gasteiger partial charge on any atom is -0.468 e. The van der Waals surface area contributed by atoms with Crippen LogP contribution in [-0.2, 0) is 9.53 Å². The van der Waals surface area contributed by atoms with E-state index < -0.39 is 5.54 Å². The Morgan fingerprint density at radius 1 is 1.44 bits per heavy atom. The molecule has 0 saturated carbocycles. The largest absolute Gasteiger partial charge is 0.468 e. The van der Waals surface area contributed by atoms with Gasteiger partial charge in [-0.05, 0) is 46.7 Å². The highest BCUT2D eigenvalue weighted by Gasteiger charge is 2.37. The van der Waals surface area contributed by atoms with E-state index in [2.05, 4.69) is 10.2 Å². The zero-order valence-corrected chi connectivity index (χ0v) is 10.9. The summed E-state index contributed by atoms with van der Waals surface area (Å²) < 4.78 is 4.90. The van der Waals surface area contributed by atoms with Crippen molar-refractivity contribution in [3.8, 4) is 0 Å². The van der Waals surface area contributed by atoms with Gasteiger partial charge in [-0.2, -0.15) is 0 Å². The van der Waals surface area contributed by atoms with Crippen LogP contribution in [0, 0.1) is 0 Å². The highest BCUT2D eigenvalue weighted by atomic mass is 16.5. The van der Waals surface area contributed by atoms with E-state index in [0.717, 1.165) is 19.6 Å². The van der Waals surface area contributed by atoms with Crippen molar-refractivity contribution in [1.82, 2.24) is 10.2 Å². The van der Waals surface area contributed by atoms with Gasteiger partial charge >= 0.3 is 5.97 Å². The summed E-state index contributed by atoms with van der Waals surface area (Å²) in [6, 6.07) is 0.270. The van der Waals surface area contributed by atoms with E-state index in [1.54, 1.807) is 0 Å². The Morgan fingerprint density at radius 3 is 2.44 bits per heavy atom. The molecule has 4 heteroatoms. The number of methoxy groups -OCH3 is 1.